The van der Waals surface area contributed by atoms with Gasteiger partial charge in [0.1, 0.15) is 5.75 Å². The van der Waals surface area contributed by atoms with Gasteiger partial charge >= 0.3 is 6.18 Å². The lowest BCUT2D eigenvalue weighted by Gasteiger charge is -2.09. The second kappa shape index (κ2) is 4.68. The van der Waals surface area contributed by atoms with Gasteiger partial charge in [0.05, 0.1) is 5.56 Å². The molecule has 1 aromatic carbocycles. The van der Waals surface area contributed by atoms with Crippen LogP contribution < -0.4 is 4.74 Å². The number of hydrogen-bond acceptors (Lipinski definition) is 2. The third-order valence-electron chi connectivity index (χ3n) is 2.36. The van der Waals surface area contributed by atoms with Crippen molar-refractivity contribution in [1.82, 2.24) is 4.98 Å². The molecule has 18 heavy (non-hydrogen) atoms. The molecule has 0 atom stereocenters. The molecular weight excluding hydrogens is 243 g/mol. The van der Waals surface area contributed by atoms with Gasteiger partial charge in [0.2, 0.25) is 5.88 Å². The van der Waals surface area contributed by atoms with E-state index in [-0.39, 0.29) is 0 Å². The van der Waals surface area contributed by atoms with Crippen LogP contribution in [0.15, 0.2) is 42.6 Å². The molecule has 2 rings (SSSR count). The molecule has 1 aromatic heterocycles. The third kappa shape index (κ3) is 2.80. The zero-order valence-corrected chi connectivity index (χ0v) is 9.53. The Morgan fingerprint density at radius 2 is 1.72 bits per heavy atom. The van der Waals surface area contributed by atoms with Crippen molar-refractivity contribution < 1.29 is 17.9 Å². The van der Waals surface area contributed by atoms with Gasteiger partial charge in [-0.05, 0) is 37.3 Å². The number of aryl methyl sites for hydroxylation is 1. The maximum Gasteiger partial charge on any atom is 0.416 e. The first kappa shape index (κ1) is 12.4. The van der Waals surface area contributed by atoms with Crippen molar-refractivity contribution in [2.24, 2.45) is 0 Å². The van der Waals surface area contributed by atoms with E-state index in [0.29, 0.717) is 11.6 Å². The van der Waals surface area contributed by atoms with Crippen molar-refractivity contribution in [3.05, 3.63) is 53.7 Å². The zero-order chi connectivity index (χ0) is 13.2. The number of rotatable bonds is 2. The first-order valence-corrected chi connectivity index (χ1v) is 5.23. The fraction of sp³-hybridized carbons (Fsp3) is 0.154. The summed E-state index contributed by atoms with van der Waals surface area (Å²) >= 11 is 0. The molecule has 0 radical (unpaired) electrons. The maximum absolute atomic E-state index is 12.4. The summed E-state index contributed by atoms with van der Waals surface area (Å²) in [5.74, 6) is 0.710. The smallest absolute Gasteiger partial charge is 0.416 e. The van der Waals surface area contributed by atoms with Crippen molar-refractivity contribution in [3.63, 3.8) is 0 Å². The van der Waals surface area contributed by atoms with Crippen molar-refractivity contribution in [1.29, 1.82) is 0 Å². The number of alkyl halides is 3. The van der Waals surface area contributed by atoms with Crippen LogP contribution in [0, 0.1) is 6.92 Å². The first-order chi connectivity index (χ1) is 8.47. The van der Waals surface area contributed by atoms with Crippen molar-refractivity contribution in [2.75, 3.05) is 0 Å². The van der Waals surface area contributed by atoms with Gasteiger partial charge in [-0.15, -0.1) is 0 Å². The second-order valence-electron chi connectivity index (χ2n) is 3.75. The Bertz CT molecular complexity index is 535. The fourth-order valence-electron chi connectivity index (χ4n) is 1.40. The van der Waals surface area contributed by atoms with Crippen LogP contribution in [-0.4, -0.2) is 4.98 Å². The van der Waals surface area contributed by atoms with Crippen molar-refractivity contribution in [3.8, 4) is 11.6 Å². The number of halogens is 3. The number of aromatic nitrogens is 1. The SMILES string of the molecule is Cc1cccnc1Oc1ccc(C(F)(F)F)cc1. The predicted octanol–water partition coefficient (Wildman–Crippen LogP) is 4.20. The monoisotopic (exact) mass is 253 g/mol. The second-order valence-corrected chi connectivity index (χ2v) is 3.75. The van der Waals surface area contributed by atoms with Crippen LogP contribution in [0.4, 0.5) is 13.2 Å². The van der Waals surface area contributed by atoms with Gasteiger partial charge in [0.15, 0.2) is 0 Å². The molecule has 0 spiro atoms. The molecule has 5 heteroatoms. The highest BCUT2D eigenvalue weighted by atomic mass is 19.4. The summed E-state index contributed by atoms with van der Waals surface area (Å²) in [5.41, 5.74) is 0.116. The number of nitrogens with zero attached hydrogens (tertiary/aromatic N) is 1. The minimum absolute atomic E-state index is 0.324. The fourth-order valence-corrected chi connectivity index (χ4v) is 1.40. The Balaban J connectivity index is 2.19. The molecule has 0 amide bonds. The standard InChI is InChI=1S/C13H10F3NO/c1-9-3-2-8-17-12(9)18-11-6-4-10(5-7-11)13(14,15)16/h2-8H,1H3. The Morgan fingerprint density at radius 1 is 1.06 bits per heavy atom. The molecule has 0 aliphatic heterocycles. The van der Waals surface area contributed by atoms with Crippen molar-refractivity contribution in [2.45, 2.75) is 13.1 Å². The molecular formula is C13H10F3NO. The summed E-state index contributed by atoms with van der Waals surface area (Å²) in [7, 11) is 0. The van der Waals surface area contributed by atoms with Gasteiger partial charge in [-0.1, -0.05) is 6.07 Å². The quantitative estimate of drug-likeness (QED) is 0.800. The number of ether oxygens (including phenoxy) is 1. The minimum Gasteiger partial charge on any atom is -0.439 e. The number of hydrogen-bond donors (Lipinski definition) is 0. The molecule has 0 unspecified atom stereocenters. The van der Waals surface area contributed by atoms with E-state index in [2.05, 4.69) is 4.98 Å². The summed E-state index contributed by atoms with van der Waals surface area (Å²) in [6, 6.07) is 8.08. The van der Waals surface area contributed by atoms with Crippen LogP contribution in [0.5, 0.6) is 11.6 Å². The molecule has 1 heterocycles. The normalized spacial score (nSPS) is 11.3. The maximum atomic E-state index is 12.4. The van der Waals surface area contributed by atoms with E-state index in [0.717, 1.165) is 17.7 Å². The Hall–Kier alpha value is -2.04. The topological polar surface area (TPSA) is 22.1 Å². The molecule has 0 saturated heterocycles. The van der Waals surface area contributed by atoms with Gasteiger partial charge < -0.3 is 4.74 Å². The Labute approximate surface area is 102 Å². The lowest BCUT2D eigenvalue weighted by Crippen LogP contribution is -2.04. The number of pyridine rings is 1. The molecule has 0 aliphatic rings. The van der Waals surface area contributed by atoms with Crippen LogP contribution in [-0.2, 0) is 6.18 Å². The van der Waals surface area contributed by atoms with Gasteiger partial charge in [0.25, 0.3) is 0 Å². The summed E-state index contributed by atoms with van der Waals surface area (Å²) in [4.78, 5) is 4.00. The lowest BCUT2D eigenvalue weighted by molar-refractivity contribution is -0.137. The van der Waals surface area contributed by atoms with Gasteiger partial charge in [-0.25, -0.2) is 4.98 Å². The Kier molecular flexibility index (Phi) is 3.23. The number of benzene rings is 1. The van der Waals surface area contributed by atoms with Crippen LogP contribution in [0.1, 0.15) is 11.1 Å². The Morgan fingerprint density at radius 3 is 2.28 bits per heavy atom. The van der Waals surface area contributed by atoms with Crippen LogP contribution in [0.25, 0.3) is 0 Å². The third-order valence-corrected chi connectivity index (χ3v) is 2.36. The molecule has 94 valence electrons. The van der Waals surface area contributed by atoms with E-state index in [9.17, 15) is 13.2 Å². The van der Waals surface area contributed by atoms with Crippen LogP contribution in [0.3, 0.4) is 0 Å². The van der Waals surface area contributed by atoms with E-state index < -0.39 is 11.7 Å². The average molecular weight is 253 g/mol. The van der Waals surface area contributed by atoms with Gasteiger partial charge in [-0.3, -0.25) is 0 Å². The van der Waals surface area contributed by atoms with E-state index in [4.69, 9.17) is 4.74 Å². The summed E-state index contributed by atoms with van der Waals surface area (Å²) < 4.78 is 42.5. The summed E-state index contributed by atoms with van der Waals surface area (Å²) in [6.07, 6.45) is -2.77. The van der Waals surface area contributed by atoms with Gasteiger partial charge in [0, 0.05) is 11.8 Å². The van der Waals surface area contributed by atoms with Crippen LogP contribution >= 0.6 is 0 Å². The molecule has 0 saturated carbocycles. The molecule has 0 N–H and O–H groups in total. The molecule has 0 bridgehead atoms. The highest BCUT2D eigenvalue weighted by Crippen LogP contribution is 2.31. The van der Waals surface area contributed by atoms with Crippen LogP contribution in [0.2, 0.25) is 0 Å². The lowest BCUT2D eigenvalue weighted by atomic mass is 10.2. The molecule has 0 fully saturated rings. The predicted molar refractivity (Wildman–Crippen MR) is 60.5 cm³/mol. The van der Waals surface area contributed by atoms with E-state index in [1.807, 2.05) is 13.0 Å². The van der Waals surface area contributed by atoms with E-state index in [1.54, 1.807) is 12.3 Å². The molecule has 0 aliphatic carbocycles. The highest BCUT2D eigenvalue weighted by molar-refractivity contribution is 5.34. The zero-order valence-electron chi connectivity index (χ0n) is 9.53. The first-order valence-electron chi connectivity index (χ1n) is 5.23. The largest absolute Gasteiger partial charge is 0.439 e. The summed E-state index contributed by atoms with van der Waals surface area (Å²) in [6.45, 7) is 1.81. The van der Waals surface area contributed by atoms with Gasteiger partial charge in [-0.2, -0.15) is 13.2 Å². The minimum atomic E-state index is -4.33. The van der Waals surface area contributed by atoms with E-state index >= 15 is 0 Å². The highest BCUT2D eigenvalue weighted by Gasteiger charge is 2.30. The summed E-state index contributed by atoms with van der Waals surface area (Å²) in [5, 5.41) is 0. The average Bonchev–Trinajstić information content (AvgIpc) is 2.32. The van der Waals surface area contributed by atoms with E-state index in [1.165, 1.54) is 12.1 Å². The molecule has 2 aromatic rings. The van der Waals surface area contributed by atoms with Crippen molar-refractivity contribution >= 4 is 0 Å². The molecule has 2 nitrogen and oxygen atoms in total.